The van der Waals surface area contributed by atoms with Crippen molar-refractivity contribution in [1.29, 1.82) is 0 Å². The Hall–Kier alpha value is 0.110. The van der Waals surface area contributed by atoms with Gasteiger partial charge in [-0.25, -0.2) is 0 Å². The average molecular weight is 262 g/mol. The molecule has 4 heteroatoms. The number of nitrogens with one attached hydrogen (secondary N) is 1. The van der Waals surface area contributed by atoms with Crippen molar-refractivity contribution < 1.29 is 4.79 Å². The zero-order valence-corrected chi connectivity index (χ0v) is 11.2. The van der Waals surface area contributed by atoms with Gasteiger partial charge in [-0.3, -0.25) is 4.79 Å². The topological polar surface area (TPSA) is 29.1 Å². The summed E-state index contributed by atoms with van der Waals surface area (Å²) in [5.74, 6) is 3.99. The Labute approximate surface area is 107 Å². The summed E-state index contributed by atoms with van der Waals surface area (Å²) in [7, 11) is 0. The number of halogens is 1. The van der Waals surface area contributed by atoms with E-state index in [1.807, 2.05) is 11.8 Å². The lowest BCUT2D eigenvalue weighted by Crippen LogP contribution is -2.32. The van der Waals surface area contributed by atoms with E-state index in [4.69, 9.17) is 11.6 Å². The van der Waals surface area contributed by atoms with Crippen molar-refractivity contribution in [2.75, 3.05) is 23.9 Å². The van der Waals surface area contributed by atoms with Crippen LogP contribution in [0.5, 0.6) is 0 Å². The SMILES string of the molecule is O=C(CC1CCSCC1)NCC1(CCl)CC1. The highest BCUT2D eigenvalue weighted by Crippen LogP contribution is 2.45. The van der Waals surface area contributed by atoms with Crippen LogP contribution >= 0.6 is 23.4 Å². The Morgan fingerprint density at radius 1 is 1.38 bits per heavy atom. The lowest BCUT2D eigenvalue weighted by atomic mass is 9.98. The van der Waals surface area contributed by atoms with E-state index in [2.05, 4.69) is 5.32 Å². The van der Waals surface area contributed by atoms with E-state index in [9.17, 15) is 4.79 Å². The molecule has 1 heterocycles. The molecule has 1 aliphatic heterocycles. The lowest BCUT2D eigenvalue weighted by molar-refractivity contribution is -0.122. The third kappa shape index (κ3) is 3.56. The van der Waals surface area contributed by atoms with Gasteiger partial charge in [-0.05, 0) is 43.1 Å². The van der Waals surface area contributed by atoms with Crippen LogP contribution in [-0.2, 0) is 4.79 Å². The van der Waals surface area contributed by atoms with Crippen LogP contribution in [0.2, 0.25) is 0 Å². The summed E-state index contributed by atoms with van der Waals surface area (Å²) in [5, 5.41) is 3.05. The molecule has 1 aliphatic carbocycles. The molecule has 0 aromatic rings. The van der Waals surface area contributed by atoms with Gasteiger partial charge in [0.15, 0.2) is 0 Å². The molecule has 0 atom stereocenters. The zero-order chi connectivity index (χ0) is 11.4. The summed E-state index contributed by atoms with van der Waals surface area (Å²) in [6.45, 7) is 0.788. The van der Waals surface area contributed by atoms with E-state index in [0.717, 1.165) is 13.0 Å². The average Bonchev–Trinajstić information content (AvgIpc) is 3.09. The van der Waals surface area contributed by atoms with Crippen LogP contribution in [0.1, 0.15) is 32.1 Å². The van der Waals surface area contributed by atoms with Gasteiger partial charge in [0.05, 0.1) is 0 Å². The van der Waals surface area contributed by atoms with Crippen molar-refractivity contribution in [3.05, 3.63) is 0 Å². The molecule has 0 radical (unpaired) electrons. The van der Waals surface area contributed by atoms with Gasteiger partial charge in [0.25, 0.3) is 0 Å². The molecule has 0 aromatic heterocycles. The summed E-state index contributed by atoms with van der Waals surface area (Å²) >= 11 is 7.88. The Bertz CT molecular complexity index is 249. The number of amides is 1. The standard InChI is InChI=1S/C12H20ClNOS/c13-8-12(3-4-12)9-14-11(15)7-10-1-5-16-6-2-10/h10H,1-9H2,(H,14,15). The Morgan fingerprint density at radius 3 is 2.62 bits per heavy atom. The molecule has 0 unspecified atom stereocenters. The normalized spacial score (nSPS) is 24.1. The van der Waals surface area contributed by atoms with E-state index in [1.54, 1.807) is 0 Å². The maximum Gasteiger partial charge on any atom is 0.220 e. The van der Waals surface area contributed by atoms with Gasteiger partial charge < -0.3 is 5.32 Å². The molecule has 2 rings (SSSR count). The number of thioether (sulfide) groups is 1. The van der Waals surface area contributed by atoms with Crippen molar-refractivity contribution >= 4 is 29.3 Å². The van der Waals surface area contributed by atoms with E-state index in [-0.39, 0.29) is 11.3 Å². The molecule has 1 N–H and O–H groups in total. The fourth-order valence-electron chi connectivity index (χ4n) is 2.11. The summed E-state index contributed by atoms with van der Waals surface area (Å²) in [6.07, 6.45) is 5.49. The van der Waals surface area contributed by atoms with Gasteiger partial charge in [0.1, 0.15) is 0 Å². The number of hydrogen-bond acceptors (Lipinski definition) is 2. The van der Waals surface area contributed by atoms with Gasteiger partial charge in [-0.2, -0.15) is 11.8 Å². The first-order valence-electron chi connectivity index (χ1n) is 6.14. The molecule has 92 valence electrons. The predicted molar refractivity (Wildman–Crippen MR) is 70.1 cm³/mol. The van der Waals surface area contributed by atoms with E-state index in [0.29, 0.717) is 11.8 Å². The zero-order valence-electron chi connectivity index (χ0n) is 9.64. The van der Waals surface area contributed by atoms with Crippen LogP contribution in [0.25, 0.3) is 0 Å². The molecule has 16 heavy (non-hydrogen) atoms. The second-order valence-corrected chi connectivity index (χ2v) is 6.66. The third-order valence-electron chi connectivity index (χ3n) is 3.72. The molecule has 1 saturated carbocycles. The van der Waals surface area contributed by atoms with Crippen LogP contribution in [0, 0.1) is 11.3 Å². The first-order chi connectivity index (χ1) is 7.74. The van der Waals surface area contributed by atoms with Gasteiger partial charge >= 0.3 is 0 Å². The summed E-state index contributed by atoms with van der Waals surface area (Å²) in [6, 6.07) is 0. The number of carbonyl (C=O) groups excluding carboxylic acids is 1. The van der Waals surface area contributed by atoms with Crippen LogP contribution in [-0.4, -0.2) is 29.8 Å². The van der Waals surface area contributed by atoms with Crippen LogP contribution in [0.15, 0.2) is 0 Å². The van der Waals surface area contributed by atoms with E-state index >= 15 is 0 Å². The number of alkyl halides is 1. The maximum absolute atomic E-state index is 11.7. The molecule has 2 nitrogen and oxygen atoms in total. The lowest BCUT2D eigenvalue weighted by Gasteiger charge is -2.21. The number of rotatable bonds is 5. The van der Waals surface area contributed by atoms with Crippen molar-refractivity contribution in [1.82, 2.24) is 5.32 Å². The molecule has 2 aliphatic rings. The van der Waals surface area contributed by atoms with E-state index < -0.39 is 0 Å². The minimum Gasteiger partial charge on any atom is -0.355 e. The Balaban J connectivity index is 1.64. The largest absolute Gasteiger partial charge is 0.355 e. The second-order valence-electron chi connectivity index (χ2n) is 5.17. The first-order valence-corrected chi connectivity index (χ1v) is 7.83. The molecule has 0 spiro atoms. The molecule has 0 aromatic carbocycles. The van der Waals surface area contributed by atoms with Crippen LogP contribution < -0.4 is 5.32 Å². The quantitative estimate of drug-likeness (QED) is 0.771. The monoisotopic (exact) mass is 261 g/mol. The highest BCUT2D eigenvalue weighted by molar-refractivity contribution is 7.99. The summed E-state index contributed by atoms with van der Waals surface area (Å²) in [4.78, 5) is 11.7. The minimum atomic E-state index is 0.230. The van der Waals surface area contributed by atoms with Crippen LogP contribution in [0.3, 0.4) is 0 Å². The Kier molecular flexibility index (Phi) is 4.42. The fraction of sp³-hybridized carbons (Fsp3) is 0.917. The molecular formula is C12H20ClNOS. The minimum absolute atomic E-state index is 0.230. The highest BCUT2D eigenvalue weighted by Gasteiger charge is 2.41. The predicted octanol–water partition coefficient (Wildman–Crippen LogP) is 2.65. The fourth-order valence-corrected chi connectivity index (χ4v) is 3.67. The summed E-state index contributed by atoms with van der Waals surface area (Å²) in [5.41, 5.74) is 0.250. The van der Waals surface area contributed by atoms with Crippen molar-refractivity contribution in [3.63, 3.8) is 0 Å². The van der Waals surface area contributed by atoms with Crippen LogP contribution in [0.4, 0.5) is 0 Å². The molecular weight excluding hydrogens is 242 g/mol. The first kappa shape index (κ1) is 12.6. The number of hydrogen-bond donors (Lipinski definition) is 1. The van der Waals surface area contributed by atoms with Gasteiger partial charge in [0, 0.05) is 24.3 Å². The third-order valence-corrected chi connectivity index (χ3v) is 5.33. The second kappa shape index (κ2) is 5.63. The number of carbonyl (C=O) groups is 1. The van der Waals surface area contributed by atoms with Crippen molar-refractivity contribution in [2.24, 2.45) is 11.3 Å². The maximum atomic E-state index is 11.7. The van der Waals surface area contributed by atoms with Gasteiger partial charge in [-0.15, -0.1) is 11.6 Å². The van der Waals surface area contributed by atoms with Crippen molar-refractivity contribution in [2.45, 2.75) is 32.1 Å². The highest BCUT2D eigenvalue weighted by atomic mass is 35.5. The molecule has 2 fully saturated rings. The Morgan fingerprint density at radius 2 is 2.06 bits per heavy atom. The molecule has 1 amide bonds. The van der Waals surface area contributed by atoms with Gasteiger partial charge in [0.2, 0.25) is 5.91 Å². The van der Waals surface area contributed by atoms with E-state index in [1.165, 1.54) is 37.2 Å². The smallest absolute Gasteiger partial charge is 0.220 e. The summed E-state index contributed by atoms with van der Waals surface area (Å²) < 4.78 is 0. The molecule has 0 bridgehead atoms. The molecule has 1 saturated heterocycles. The van der Waals surface area contributed by atoms with Crippen molar-refractivity contribution in [3.8, 4) is 0 Å². The van der Waals surface area contributed by atoms with Gasteiger partial charge in [-0.1, -0.05) is 0 Å².